The summed E-state index contributed by atoms with van der Waals surface area (Å²) in [5.41, 5.74) is -0.417. The molecule has 1 rings (SSSR count). The maximum atomic E-state index is 12.0. The van der Waals surface area contributed by atoms with Crippen molar-refractivity contribution >= 4 is 34.9 Å². The third-order valence-electron chi connectivity index (χ3n) is 1.22. The van der Waals surface area contributed by atoms with Gasteiger partial charge in [-0.05, 0) is 5.38 Å². The van der Waals surface area contributed by atoms with E-state index in [4.69, 9.17) is 0 Å². The molecule has 0 aromatic carbocycles. The van der Waals surface area contributed by atoms with Gasteiger partial charge in [0.25, 0.3) is 0 Å². The van der Waals surface area contributed by atoms with E-state index in [-0.39, 0.29) is 0 Å². The van der Waals surface area contributed by atoms with Gasteiger partial charge in [0.2, 0.25) is 0 Å². The maximum absolute atomic E-state index is 12.0. The highest BCUT2D eigenvalue weighted by Crippen LogP contribution is 3.01. The molecule has 8 heteroatoms. The van der Waals surface area contributed by atoms with Gasteiger partial charge in [-0.15, -0.1) is 0 Å². The first kappa shape index (κ1) is 9.85. The fraction of sp³-hybridized carbons (Fsp3) is 0. The van der Waals surface area contributed by atoms with Crippen LogP contribution in [0.1, 0.15) is 0 Å². The molecule has 0 bridgehead atoms. The van der Waals surface area contributed by atoms with Gasteiger partial charge >= 0.3 is 10.2 Å². The van der Waals surface area contributed by atoms with Crippen LogP contribution in [0.3, 0.4) is 0 Å². The monoisotopic (exact) mass is 222 g/mol. The van der Waals surface area contributed by atoms with Gasteiger partial charge in [0.05, 0.1) is 0 Å². The average molecular weight is 222 g/mol. The molecule has 12 heavy (non-hydrogen) atoms. The van der Waals surface area contributed by atoms with E-state index in [1.54, 1.807) is 0 Å². The van der Waals surface area contributed by atoms with E-state index in [0.29, 0.717) is 16.7 Å². The van der Waals surface area contributed by atoms with Gasteiger partial charge in [-0.2, -0.15) is 11.3 Å². The Hall–Kier alpha value is -0.235. The van der Waals surface area contributed by atoms with Crippen LogP contribution in [0.25, 0.3) is 0 Å². The molecular weight excluding hydrogens is 218 g/mol. The summed E-state index contributed by atoms with van der Waals surface area (Å²) < 4.78 is 60.2. The van der Waals surface area contributed by atoms with Crippen LogP contribution in [0.2, 0.25) is 0 Å². The van der Waals surface area contributed by atoms with Gasteiger partial charge in [-0.1, -0.05) is 24.9 Å². The Balaban J connectivity index is 3.44. The molecule has 0 aliphatic rings. The Bertz CT molecular complexity index is 310. The zero-order valence-corrected chi connectivity index (χ0v) is 7.49. The number of halogens is 5. The highest BCUT2D eigenvalue weighted by Gasteiger charge is 2.66. The van der Waals surface area contributed by atoms with Crippen LogP contribution in [-0.4, -0.2) is 7.85 Å². The van der Waals surface area contributed by atoms with Gasteiger partial charge < -0.3 is 0 Å². The summed E-state index contributed by atoms with van der Waals surface area (Å²) in [5.74, 6) is 0. The van der Waals surface area contributed by atoms with E-state index in [1.165, 1.54) is 0 Å². The molecule has 0 amide bonds. The van der Waals surface area contributed by atoms with Crippen molar-refractivity contribution in [1.29, 1.82) is 0 Å². The summed E-state index contributed by atoms with van der Waals surface area (Å²) in [6.07, 6.45) is 0. The quantitative estimate of drug-likeness (QED) is 0.506. The van der Waals surface area contributed by atoms with Crippen LogP contribution < -0.4 is 5.46 Å². The van der Waals surface area contributed by atoms with Crippen molar-refractivity contribution < 1.29 is 19.4 Å². The fourth-order valence-electron chi connectivity index (χ4n) is 0.744. The van der Waals surface area contributed by atoms with Crippen LogP contribution in [0.4, 0.5) is 19.4 Å². The highest BCUT2D eigenvalue weighted by molar-refractivity contribution is 8.46. The van der Waals surface area contributed by atoms with Crippen LogP contribution >= 0.6 is 21.6 Å². The minimum Gasteiger partial charge on any atom is -0.152 e. The lowest BCUT2D eigenvalue weighted by Gasteiger charge is -2.40. The van der Waals surface area contributed by atoms with Crippen molar-refractivity contribution in [3.8, 4) is 0 Å². The molecule has 0 unspecified atom stereocenters. The zero-order valence-electron chi connectivity index (χ0n) is 5.86. The van der Waals surface area contributed by atoms with E-state index < -0.39 is 20.6 Å². The van der Waals surface area contributed by atoms with Crippen LogP contribution in [0.5, 0.6) is 0 Å². The highest BCUT2D eigenvalue weighted by atomic mass is 32.5. The molecule has 0 radical (unpaired) electrons. The number of hydrogen-bond acceptors (Lipinski definition) is 1. The first-order valence-corrected chi connectivity index (χ1v) is 5.67. The van der Waals surface area contributed by atoms with E-state index in [2.05, 4.69) is 0 Å². The molecule has 0 saturated carbocycles. The molecule has 0 fully saturated rings. The lowest BCUT2D eigenvalue weighted by molar-refractivity contribution is 0.365. The molecule has 0 N–H and O–H groups in total. The van der Waals surface area contributed by atoms with Gasteiger partial charge in [0.1, 0.15) is 12.7 Å². The predicted molar refractivity (Wildman–Crippen MR) is 43.9 cm³/mol. The summed E-state index contributed by atoms with van der Waals surface area (Å²) in [4.78, 5) is -1.76. The number of hydrogen-bond donors (Lipinski definition) is 0. The fourth-order valence-corrected chi connectivity index (χ4v) is 3.09. The summed E-state index contributed by atoms with van der Waals surface area (Å²) in [6, 6.07) is 0. The summed E-state index contributed by atoms with van der Waals surface area (Å²) >= 11 is 0.620. The number of rotatable bonds is 1. The van der Waals surface area contributed by atoms with Crippen molar-refractivity contribution in [2.24, 2.45) is 0 Å². The molecule has 0 aliphatic carbocycles. The number of thiophene rings is 1. The van der Waals surface area contributed by atoms with E-state index in [0.717, 1.165) is 13.2 Å². The Morgan fingerprint density at radius 2 is 1.58 bits per heavy atom. The van der Waals surface area contributed by atoms with Gasteiger partial charge in [0, 0.05) is 5.38 Å². The standard InChI is InChI=1S/C4H4BF5S2/c5-3-1-11-2-4(3)12(6,7,8,9)10/h1-2H,5H2. The van der Waals surface area contributed by atoms with Crippen molar-refractivity contribution in [2.45, 2.75) is 4.90 Å². The van der Waals surface area contributed by atoms with Gasteiger partial charge in [-0.25, -0.2) is 0 Å². The van der Waals surface area contributed by atoms with Crippen LogP contribution in [0.15, 0.2) is 15.7 Å². The molecule has 70 valence electrons. The molecule has 1 aromatic rings. The van der Waals surface area contributed by atoms with Crippen molar-refractivity contribution in [1.82, 2.24) is 0 Å². The normalized spacial score (nSPS) is 18.4. The van der Waals surface area contributed by atoms with Gasteiger partial charge in [-0.3, -0.25) is 0 Å². The lowest BCUT2D eigenvalue weighted by Crippen LogP contribution is -2.15. The molecule has 0 atom stereocenters. The molecule has 1 aromatic heterocycles. The molecular formula is C4H4BF5S2. The zero-order chi connectivity index (χ0) is 9.68. The second kappa shape index (κ2) is 1.82. The van der Waals surface area contributed by atoms with E-state index >= 15 is 0 Å². The third kappa shape index (κ3) is 1.92. The molecule has 0 saturated heterocycles. The van der Waals surface area contributed by atoms with E-state index in [1.807, 2.05) is 0 Å². The van der Waals surface area contributed by atoms with Crippen molar-refractivity contribution in [3.63, 3.8) is 0 Å². The first-order chi connectivity index (χ1) is 5.00. The molecule has 1 heterocycles. The van der Waals surface area contributed by atoms with Crippen molar-refractivity contribution in [3.05, 3.63) is 10.8 Å². The second-order valence-electron chi connectivity index (χ2n) is 2.39. The van der Waals surface area contributed by atoms with E-state index in [9.17, 15) is 19.4 Å². The SMILES string of the molecule is Bc1cscc1S(F)(F)(F)(F)F. The summed E-state index contributed by atoms with van der Waals surface area (Å²) in [5, 5.41) is 1.49. The molecule has 0 nitrogen and oxygen atoms in total. The predicted octanol–water partition coefficient (Wildman–Crippen LogP) is 2.66. The lowest BCUT2D eigenvalue weighted by atomic mass is 10.0. The minimum absolute atomic E-state index is 0.417. The summed E-state index contributed by atoms with van der Waals surface area (Å²) in [6.45, 7) is 0. The van der Waals surface area contributed by atoms with Crippen LogP contribution in [-0.2, 0) is 0 Å². The Labute approximate surface area is 70.5 Å². The second-order valence-corrected chi connectivity index (χ2v) is 5.51. The molecule has 0 aliphatic heterocycles. The van der Waals surface area contributed by atoms with Crippen molar-refractivity contribution in [2.75, 3.05) is 0 Å². The topological polar surface area (TPSA) is 0 Å². The Morgan fingerprint density at radius 1 is 1.08 bits per heavy atom. The van der Waals surface area contributed by atoms with Gasteiger partial charge in [0.15, 0.2) is 0 Å². The first-order valence-electron chi connectivity index (χ1n) is 2.77. The third-order valence-corrected chi connectivity index (χ3v) is 3.51. The Kier molecular flexibility index (Phi) is 1.49. The minimum atomic E-state index is -9.41. The average Bonchev–Trinajstić information content (AvgIpc) is 2.06. The largest absolute Gasteiger partial charge is 0.310 e. The summed E-state index contributed by atoms with van der Waals surface area (Å²) in [7, 11) is -8.39. The maximum Gasteiger partial charge on any atom is 0.310 e. The Morgan fingerprint density at radius 3 is 1.75 bits per heavy atom. The smallest absolute Gasteiger partial charge is 0.152 e. The molecule has 0 spiro atoms. The van der Waals surface area contributed by atoms with Crippen LogP contribution in [0, 0.1) is 0 Å².